The smallest absolute Gasteiger partial charge is 0.0113 e. The number of piperidine rings is 2. The highest BCUT2D eigenvalue weighted by atomic mass is 15.3. The Bertz CT molecular complexity index is 464. The first kappa shape index (κ1) is 42.3. The largest absolute Gasteiger partial charge is 0.307 e. The molecule has 3 heterocycles. The summed E-state index contributed by atoms with van der Waals surface area (Å²) in [6.07, 6.45) is 7.08. The van der Waals surface area contributed by atoms with Gasteiger partial charge in [0.25, 0.3) is 0 Å². The molecule has 3 aliphatic heterocycles. The van der Waals surface area contributed by atoms with Gasteiger partial charge in [0.05, 0.1) is 0 Å². The molecule has 38 heavy (non-hydrogen) atoms. The zero-order valence-corrected chi connectivity index (χ0v) is 27.0. The number of rotatable bonds is 5. The van der Waals surface area contributed by atoms with Crippen molar-refractivity contribution in [3.8, 4) is 0 Å². The molecule has 3 rings (SSSR count). The predicted molar refractivity (Wildman–Crippen MR) is 177 cm³/mol. The van der Waals surface area contributed by atoms with Crippen LogP contribution in [-0.2, 0) is 0 Å². The monoisotopic (exact) mass is 544 g/mol. The summed E-state index contributed by atoms with van der Waals surface area (Å²) >= 11 is 0. The predicted octanol–water partition coefficient (Wildman–Crippen LogP) is 7.27. The highest BCUT2D eigenvalue weighted by molar-refractivity contribution is 4.73. The van der Waals surface area contributed by atoms with Crippen LogP contribution in [0, 0.1) is 5.92 Å². The molecular weight excluding hydrogens is 466 g/mol. The van der Waals surface area contributed by atoms with Gasteiger partial charge in [-0.3, -0.25) is 4.90 Å². The maximum absolute atomic E-state index is 2.57. The second-order valence-electron chi connectivity index (χ2n) is 12.6. The third kappa shape index (κ3) is 20.7. The Morgan fingerprint density at radius 1 is 0.579 bits per heavy atom. The van der Waals surface area contributed by atoms with Crippen molar-refractivity contribution in [2.75, 3.05) is 73.0 Å². The average molecular weight is 544 g/mol. The molecule has 3 aliphatic rings. The van der Waals surface area contributed by atoms with Crippen molar-refractivity contribution in [3.63, 3.8) is 0 Å². The number of likely N-dealkylation sites (N-methyl/N-ethyl adjacent to an activating group) is 1. The summed E-state index contributed by atoms with van der Waals surface area (Å²) in [6.45, 7) is 34.2. The van der Waals surface area contributed by atoms with Crippen molar-refractivity contribution in [2.45, 2.75) is 140 Å². The van der Waals surface area contributed by atoms with Crippen LogP contribution in [0.4, 0.5) is 0 Å². The maximum Gasteiger partial charge on any atom is 0.0113 e. The van der Waals surface area contributed by atoms with Crippen LogP contribution in [-0.4, -0.2) is 122 Å². The van der Waals surface area contributed by atoms with Crippen molar-refractivity contribution < 1.29 is 0 Å². The Labute approximate surface area is 243 Å². The SMILES string of the molecule is C.C.CC(C)N(C)C.CC(C)N1CCCCC1.CC1CCN(C(C)C)CC1.CCN1CCN(C(C)C)CC1. The summed E-state index contributed by atoms with van der Waals surface area (Å²) in [7, 11) is 4.15. The number of hydrogen-bond acceptors (Lipinski definition) is 5. The van der Waals surface area contributed by atoms with E-state index in [4.69, 9.17) is 0 Å². The number of hydrogen-bond donors (Lipinski definition) is 0. The van der Waals surface area contributed by atoms with E-state index in [2.05, 4.69) is 108 Å². The zero-order chi connectivity index (χ0) is 27.7. The summed E-state index contributed by atoms with van der Waals surface area (Å²) < 4.78 is 0. The van der Waals surface area contributed by atoms with E-state index in [1.165, 1.54) is 91.0 Å². The second-order valence-corrected chi connectivity index (χ2v) is 12.6. The van der Waals surface area contributed by atoms with E-state index in [0.29, 0.717) is 6.04 Å². The summed E-state index contributed by atoms with van der Waals surface area (Å²) in [5.41, 5.74) is 0. The van der Waals surface area contributed by atoms with Crippen LogP contribution in [0.5, 0.6) is 0 Å². The van der Waals surface area contributed by atoms with Crippen LogP contribution in [0.2, 0.25) is 0 Å². The number of likely N-dealkylation sites (tertiary alicyclic amines) is 2. The van der Waals surface area contributed by atoms with E-state index in [1.54, 1.807) is 0 Å². The molecule has 0 bridgehead atoms. The van der Waals surface area contributed by atoms with Gasteiger partial charge in [-0.15, -0.1) is 0 Å². The normalized spacial score (nSPS) is 20.1. The first-order chi connectivity index (χ1) is 16.9. The van der Waals surface area contributed by atoms with E-state index in [9.17, 15) is 0 Å². The minimum Gasteiger partial charge on any atom is -0.307 e. The van der Waals surface area contributed by atoms with Gasteiger partial charge in [0.15, 0.2) is 0 Å². The van der Waals surface area contributed by atoms with E-state index >= 15 is 0 Å². The van der Waals surface area contributed by atoms with Crippen LogP contribution < -0.4 is 0 Å². The van der Waals surface area contributed by atoms with E-state index in [-0.39, 0.29) is 14.9 Å². The molecule has 0 spiro atoms. The quantitative estimate of drug-likeness (QED) is 0.361. The lowest BCUT2D eigenvalue weighted by molar-refractivity contribution is 0.112. The van der Waals surface area contributed by atoms with E-state index in [0.717, 1.165) is 24.0 Å². The van der Waals surface area contributed by atoms with Crippen molar-refractivity contribution in [1.29, 1.82) is 0 Å². The second kappa shape index (κ2) is 24.6. The van der Waals surface area contributed by atoms with Crippen LogP contribution >= 0.6 is 0 Å². The fourth-order valence-electron chi connectivity index (χ4n) is 4.58. The minimum absolute atomic E-state index is 0. The molecule has 0 N–H and O–H groups in total. The highest BCUT2D eigenvalue weighted by Crippen LogP contribution is 2.17. The van der Waals surface area contributed by atoms with Crippen LogP contribution in [0.1, 0.15) is 116 Å². The lowest BCUT2D eigenvalue weighted by Crippen LogP contribution is -2.48. The third-order valence-electron chi connectivity index (χ3n) is 8.29. The molecule has 0 aromatic carbocycles. The van der Waals surface area contributed by atoms with Gasteiger partial charge in [-0.2, -0.15) is 0 Å². The topological polar surface area (TPSA) is 16.2 Å². The summed E-state index contributed by atoms with van der Waals surface area (Å²) in [6, 6.07) is 2.94. The first-order valence-electron chi connectivity index (χ1n) is 15.5. The molecule has 0 amide bonds. The molecule has 0 radical (unpaired) electrons. The standard InChI is InChI=1S/C9H20N2.C9H19N.C8H17N.C5H13N.2CH4/c1-4-10-5-7-11(8-6-10)9(2)3;1-8(2)10-6-4-9(3)5-7-10;1-8(2)9-6-4-3-5-7-9;1-5(2)6(3)4;;/h9H,4-8H2,1-3H3;8-9H,4-7H2,1-3H3;8H,3-7H2,1-2H3;5H,1-4H3;2*1H4. The van der Waals surface area contributed by atoms with Gasteiger partial charge in [-0.25, -0.2) is 0 Å². The number of piperazine rings is 1. The highest BCUT2D eigenvalue weighted by Gasteiger charge is 2.17. The molecule has 0 saturated carbocycles. The van der Waals surface area contributed by atoms with Crippen molar-refractivity contribution in [2.24, 2.45) is 5.92 Å². The van der Waals surface area contributed by atoms with Gasteiger partial charge in [-0.05, 0) is 134 Å². The van der Waals surface area contributed by atoms with Crippen LogP contribution in [0.3, 0.4) is 0 Å². The van der Waals surface area contributed by atoms with Crippen molar-refractivity contribution >= 4 is 0 Å². The minimum atomic E-state index is 0. The fourth-order valence-corrected chi connectivity index (χ4v) is 4.58. The summed E-state index contributed by atoms with van der Waals surface area (Å²) in [5.74, 6) is 0.968. The van der Waals surface area contributed by atoms with Gasteiger partial charge in [0, 0.05) is 50.3 Å². The molecule has 0 aromatic rings. The van der Waals surface area contributed by atoms with Crippen molar-refractivity contribution in [1.82, 2.24) is 24.5 Å². The Morgan fingerprint density at radius 2 is 0.921 bits per heavy atom. The molecule has 5 heteroatoms. The molecule has 0 atom stereocenters. The molecule has 0 unspecified atom stereocenters. The maximum atomic E-state index is 2.57. The van der Waals surface area contributed by atoms with Gasteiger partial charge in [0.1, 0.15) is 0 Å². The average Bonchev–Trinajstić information content (AvgIpc) is 2.86. The molecule has 5 nitrogen and oxygen atoms in total. The lowest BCUT2D eigenvalue weighted by Gasteiger charge is -2.36. The summed E-state index contributed by atoms with van der Waals surface area (Å²) in [4.78, 5) is 12.4. The van der Waals surface area contributed by atoms with Gasteiger partial charge < -0.3 is 19.6 Å². The first-order valence-corrected chi connectivity index (χ1v) is 15.5. The Balaban J connectivity index is -0.000000431. The zero-order valence-electron chi connectivity index (χ0n) is 27.0. The Hall–Kier alpha value is -0.200. The van der Waals surface area contributed by atoms with Gasteiger partial charge >= 0.3 is 0 Å². The van der Waals surface area contributed by atoms with E-state index in [1.807, 2.05) is 0 Å². The van der Waals surface area contributed by atoms with Gasteiger partial charge in [-0.1, -0.05) is 35.1 Å². The molecule has 0 aliphatic carbocycles. The van der Waals surface area contributed by atoms with Crippen LogP contribution in [0.25, 0.3) is 0 Å². The van der Waals surface area contributed by atoms with Crippen molar-refractivity contribution in [3.05, 3.63) is 0 Å². The summed E-state index contributed by atoms with van der Waals surface area (Å²) in [5, 5.41) is 0. The molecule has 3 saturated heterocycles. The molecule has 3 fully saturated rings. The Morgan fingerprint density at radius 3 is 1.21 bits per heavy atom. The van der Waals surface area contributed by atoms with Crippen LogP contribution in [0.15, 0.2) is 0 Å². The Kier molecular flexibility index (Phi) is 27.3. The fraction of sp³-hybridized carbons (Fsp3) is 1.00. The number of nitrogens with zero attached hydrogens (tertiary/aromatic N) is 5. The third-order valence-corrected chi connectivity index (χ3v) is 8.29. The van der Waals surface area contributed by atoms with Gasteiger partial charge in [0.2, 0.25) is 0 Å². The molecular formula is C33H77N5. The molecule has 0 aromatic heterocycles. The van der Waals surface area contributed by atoms with E-state index < -0.39 is 0 Å². The molecule has 234 valence electrons. The lowest BCUT2D eigenvalue weighted by atomic mass is 9.98.